The Bertz CT molecular complexity index is 3540. The molecule has 2 aromatic heterocycles. The summed E-state index contributed by atoms with van der Waals surface area (Å²) in [4.78, 5) is 2.43. The molecule has 4 heteroatoms. The molecule has 65 heavy (non-hydrogen) atoms. The van der Waals surface area contributed by atoms with Crippen molar-refractivity contribution in [1.29, 1.82) is 0 Å². The van der Waals surface area contributed by atoms with E-state index >= 15 is 0 Å². The van der Waals surface area contributed by atoms with Crippen LogP contribution in [0.1, 0.15) is 5.56 Å². The summed E-state index contributed by atoms with van der Waals surface area (Å²) in [7, 11) is -2.81. The van der Waals surface area contributed by atoms with Crippen LogP contribution in [0.15, 0.2) is 255 Å². The van der Waals surface area contributed by atoms with Gasteiger partial charge in [-0.05, 0) is 113 Å². The van der Waals surface area contributed by atoms with Gasteiger partial charge in [0.2, 0.25) is 0 Å². The molecule has 0 aliphatic heterocycles. The molecule has 0 aliphatic carbocycles. The highest BCUT2D eigenvalue weighted by molar-refractivity contribution is 7.20. The first-order valence-electron chi connectivity index (χ1n) is 22.4. The molecule has 0 saturated carbocycles. The Kier molecular flexibility index (Phi) is 9.39. The summed E-state index contributed by atoms with van der Waals surface area (Å²) in [6.45, 7) is 2.16. The molecule has 12 rings (SSSR count). The third-order valence-corrected chi connectivity index (χ3v) is 18.1. The molecule has 12 aromatic rings. The maximum absolute atomic E-state index is 2.81. The van der Waals surface area contributed by atoms with E-state index in [0.717, 1.165) is 28.4 Å². The van der Waals surface area contributed by atoms with Crippen LogP contribution in [0.4, 0.5) is 17.1 Å². The topological polar surface area (TPSA) is 13.1 Å². The number of aromatic nitrogens is 2. The Morgan fingerprint density at radius 3 is 1.15 bits per heavy atom. The highest BCUT2D eigenvalue weighted by Crippen LogP contribution is 2.42. The van der Waals surface area contributed by atoms with Gasteiger partial charge in [-0.15, -0.1) is 0 Å². The van der Waals surface area contributed by atoms with Gasteiger partial charge in [0, 0.05) is 50.0 Å². The predicted molar refractivity (Wildman–Crippen MR) is 278 cm³/mol. The Morgan fingerprint density at radius 2 is 0.662 bits per heavy atom. The Balaban J connectivity index is 1.13. The van der Waals surface area contributed by atoms with E-state index in [2.05, 4.69) is 276 Å². The molecule has 0 bridgehead atoms. The minimum absolute atomic E-state index is 1.10. The lowest BCUT2D eigenvalue weighted by Gasteiger charge is -2.34. The molecule has 0 spiro atoms. The van der Waals surface area contributed by atoms with Crippen molar-refractivity contribution in [3.8, 4) is 11.4 Å². The average Bonchev–Trinajstić information content (AvgIpc) is 3.88. The van der Waals surface area contributed by atoms with E-state index in [4.69, 9.17) is 0 Å². The SMILES string of the molecule is Cc1ccc(N(c2ccc3c(c2)c2ccccc2n3-c2ccccc2)c2ccc3c(c2)c2cc([Si](c4ccccc4)(c4ccccc4)c4ccccc4)ccc2n3-c2ccccc2)cc1. The fourth-order valence-electron chi connectivity index (χ4n) is 10.4. The molecule has 2 heterocycles. The number of aryl methyl sites for hydroxylation is 1. The maximum atomic E-state index is 2.53. The average molecular weight is 848 g/mol. The minimum Gasteiger partial charge on any atom is -0.310 e. The van der Waals surface area contributed by atoms with Gasteiger partial charge >= 0.3 is 0 Å². The first-order valence-corrected chi connectivity index (χ1v) is 24.4. The van der Waals surface area contributed by atoms with Crippen LogP contribution in [0.25, 0.3) is 55.0 Å². The first kappa shape index (κ1) is 38.5. The second kappa shape index (κ2) is 15.9. The summed E-state index contributed by atoms with van der Waals surface area (Å²) in [6, 6.07) is 94.2. The van der Waals surface area contributed by atoms with E-state index in [9.17, 15) is 0 Å². The van der Waals surface area contributed by atoms with E-state index in [-0.39, 0.29) is 0 Å². The van der Waals surface area contributed by atoms with Crippen molar-refractivity contribution in [3.63, 3.8) is 0 Å². The molecule has 0 fully saturated rings. The van der Waals surface area contributed by atoms with Crippen LogP contribution in [0.5, 0.6) is 0 Å². The zero-order valence-corrected chi connectivity index (χ0v) is 37.1. The fourth-order valence-corrected chi connectivity index (χ4v) is 15.2. The monoisotopic (exact) mass is 847 g/mol. The van der Waals surface area contributed by atoms with Crippen molar-refractivity contribution in [3.05, 3.63) is 260 Å². The normalized spacial score (nSPS) is 11.8. The molecule has 0 amide bonds. The van der Waals surface area contributed by atoms with Crippen LogP contribution in [0, 0.1) is 6.92 Å². The van der Waals surface area contributed by atoms with Crippen molar-refractivity contribution in [2.75, 3.05) is 4.90 Å². The third-order valence-electron chi connectivity index (χ3n) is 13.3. The molecule has 0 N–H and O–H groups in total. The van der Waals surface area contributed by atoms with Gasteiger partial charge in [-0.3, -0.25) is 0 Å². The maximum Gasteiger partial charge on any atom is 0.179 e. The highest BCUT2D eigenvalue weighted by Gasteiger charge is 2.41. The second-order valence-corrected chi connectivity index (χ2v) is 20.8. The van der Waals surface area contributed by atoms with E-state index in [1.807, 2.05) is 0 Å². The van der Waals surface area contributed by atoms with Crippen LogP contribution in [0.2, 0.25) is 0 Å². The fraction of sp³-hybridized carbons (Fsp3) is 0.0164. The van der Waals surface area contributed by atoms with Crippen LogP contribution >= 0.6 is 0 Å². The lowest BCUT2D eigenvalue weighted by Crippen LogP contribution is -2.74. The van der Waals surface area contributed by atoms with Gasteiger partial charge in [0.1, 0.15) is 0 Å². The van der Waals surface area contributed by atoms with Gasteiger partial charge in [0.15, 0.2) is 8.07 Å². The summed E-state index contributed by atoms with van der Waals surface area (Å²) in [5.74, 6) is 0. The van der Waals surface area contributed by atoms with Crippen LogP contribution in [-0.2, 0) is 0 Å². The van der Waals surface area contributed by atoms with Gasteiger partial charge in [-0.1, -0.05) is 175 Å². The number of fused-ring (bicyclic) bond motifs is 6. The number of anilines is 3. The Labute approximate surface area is 380 Å². The van der Waals surface area contributed by atoms with E-state index in [0.29, 0.717) is 0 Å². The quantitative estimate of drug-likeness (QED) is 0.104. The van der Waals surface area contributed by atoms with Crippen molar-refractivity contribution in [2.24, 2.45) is 0 Å². The molecule has 0 saturated heterocycles. The smallest absolute Gasteiger partial charge is 0.179 e. The molecule has 0 atom stereocenters. The van der Waals surface area contributed by atoms with Crippen molar-refractivity contribution in [2.45, 2.75) is 6.92 Å². The Hall–Kier alpha value is -8.18. The van der Waals surface area contributed by atoms with Gasteiger partial charge in [-0.25, -0.2) is 0 Å². The molecular formula is C61H45N3Si. The van der Waals surface area contributed by atoms with Gasteiger partial charge in [0.25, 0.3) is 0 Å². The van der Waals surface area contributed by atoms with Gasteiger partial charge in [0.05, 0.1) is 22.1 Å². The number of benzene rings is 10. The summed E-state index contributed by atoms with van der Waals surface area (Å²) in [5.41, 5.74) is 11.6. The zero-order chi connectivity index (χ0) is 43.3. The van der Waals surface area contributed by atoms with Crippen LogP contribution < -0.4 is 25.6 Å². The van der Waals surface area contributed by atoms with Gasteiger partial charge < -0.3 is 14.0 Å². The standard InChI is InChI=1S/C61H45N3Si/c1-44-31-33-47(34-32-44)62(48-35-38-59-55(41-48)54-29-17-18-30-58(54)63(59)45-19-7-2-8-20-45)49-36-39-60-56(42-49)57-43-53(37-40-61(57)64(60)46-21-9-3-10-22-46)65(50-23-11-4-12-24-50,51-25-13-5-14-26-51)52-27-15-6-16-28-52/h2-43H,1H3. The largest absolute Gasteiger partial charge is 0.310 e. The molecule has 3 nitrogen and oxygen atoms in total. The molecule has 10 aromatic carbocycles. The highest BCUT2D eigenvalue weighted by atomic mass is 28.3. The molecule has 0 radical (unpaired) electrons. The lowest BCUT2D eigenvalue weighted by molar-refractivity contribution is 1.18. The number of hydrogen-bond acceptors (Lipinski definition) is 1. The van der Waals surface area contributed by atoms with Crippen molar-refractivity contribution in [1.82, 2.24) is 9.13 Å². The molecule has 0 aliphatic rings. The summed E-state index contributed by atoms with van der Waals surface area (Å²) in [5, 5.41) is 10.3. The van der Waals surface area contributed by atoms with Crippen LogP contribution in [0.3, 0.4) is 0 Å². The summed E-state index contributed by atoms with van der Waals surface area (Å²) < 4.78 is 4.83. The van der Waals surface area contributed by atoms with Gasteiger partial charge in [-0.2, -0.15) is 0 Å². The molecule has 0 unspecified atom stereocenters. The number of rotatable bonds is 9. The molecule has 308 valence electrons. The zero-order valence-electron chi connectivity index (χ0n) is 36.1. The minimum atomic E-state index is -2.81. The first-order chi connectivity index (χ1) is 32.2. The second-order valence-electron chi connectivity index (χ2n) is 17.0. The number of para-hydroxylation sites is 3. The summed E-state index contributed by atoms with van der Waals surface area (Å²) in [6.07, 6.45) is 0. The molecular weight excluding hydrogens is 803 g/mol. The Morgan fingerprint density at radius 1 is 0.292 bits per heavy atom. The third kappa shape index (κ3) is 6.33. The summed E-state index contributed by atoms with van der Waals surface area (Å²) >= 11 is 0. The van der Waals surface area contributed by atoms with Crippen molar-refractivity contribution < 1.29 is 0 Å². The van der Waals surface area contributed by atoms with Crippen molar-refractivity contribution >= 4 is 89.5 Å². The lowest BCUT2D eigenvalue weighted by atomic mass is 10.1. The van der Waals surface area contributed by atoms with E-state index < -0.39 is 8.07 Å². The number of hydrogen-bond donors (Lipinski definition) is 0. The predicted octanol–water partition coefficient (Wildman–Crippen LogP) is 13.0. The number of nitrogens with zero attached hydrogens (tertiary/aromatic N) is 3. The van der Waals surface area contributed by atoms with E-state index in [1.165, 1.54) is 69.9 Å². The van der Waals surface area contributed by atoms with E-state index in [1.54, 1.807) is 0 Å². The van der Waals surface area contributed by atoms with Crippen LogP contribution in [-0.4, -0.2) is 17.2 Å².